The van der Waals surface area contributed by atoms with Crippen LogP contribution in [0.5, 0.6) is 0 Å². The number of carboxylic acid groups (broad SMARTS) is 1. The van der Waals surface area contributed by atoms with E-state index in [9.17, 15) is 19.5 Å². The van der Waals surface area contributed by atoms with Gasteiger partial charge in [0.25, 0.3) is 0 Å². The van der Waals surface area contributed by atoms with Gasteiger partial charge in [0.2, 0.25) is 0 Å². The Morgan fingerprint density at radius 3 is 2.68 bits per heavy atom. The van der Waals surface area contributed by atoms with Crippen LogP contribution in [0.2, 0.25) is 0 Å². The normalized spacial score (nSPS) is 35.5. The van der Waals surface area contributed by atoms with Crippen LogP contribution in [0.25, 0.3) is 0 Å². The van der Waals surface area contributed by atoms with E-state index >= 15 is 0 Å². The van der Waals surface area contributed by atoms with Gasteiger partial charge in [-0.2, -0.15) is 0 Å². The first-order valence-corrected chi connectivity index (χ1v) is 10.9. The molecule has 1 heterocycles. The minimum atomic E-state index is -1.04. The first-order valence-electron chi connectivity index (χ1n) is 10.9. The zero-order valence-electron chi connectivity index (χ0n) is 18.3. The Kier molecular flexibility index (Phi) is 6.74. The van der Waals surface area contributed by atoms with Crippen molar-refractivity contribution in [2.24, 2.45) is 22.7 Å². The molecule has 170 valence electrons. The number of carbonyl (C=O) groups excluding carboxylic acids is 2. The summed E-state index contributed by atoms with van der Waals surface area (Å²) >= 11 is 0. The number of aliphatic hydroxyl groups excluding tert-OH is 1. The standard InChI is InChI=1S/C24H32O7/c1-15-4-7-18-23(2,17(15)6-5-16-11-13-30-22(16)29)12-10-19(24(18,3)14-25)31-21(28)9-8-20(26)27/h5-6,11,17-19,25H,1,4,7-10,12-14H2,2-3H3,(H,26,27). The van der Waals surface area contributed by atoms with E-state index in [1.165, 1.54) is 0 Å². The van der Waals surface area contributed by atoms with Gasteiger partial charge < -0.3 is 19.7 Å². The summed E-state index contributed by atoms with van der Waals surface area (Å²) < 4.78 is 10.7. The van der Waals surface area contributed by atoms with E-state index in [0.29, 0.717) is 18.6 Å². The molecule has 5 unspecified atom stereocenters. The molecule has 7 heteroatoms. The Labute approximate surface area is 182 Å². The third-order valence-electron chi connectivity index (χ3n) is 7.56. The Hall–Kier alpha value is -2.41. The fraction of sp³-hybridized carbons (Fsp3) is 0.625. The van der Waals surface area contributed by atoms with E-state index in [-0.39, 0.29) is 42.7 Å². The second-order valence-electron chi connectivity index (χ2n) is 9.42. The molecule has 3 aliphatic rings. The van der Waals surface area contributed by atoms with Gasteiger partial charge in [-0.05, 0) is 43.1 Å². The molecule has 7 nitrogen and oxygen atoms in total. The van der Waals surface area contributed by atoms with E-state index in [1.807, 2.05) is 19.1 Å². The van der Waals surface area contributed by atoms with Crippen LogP contribution in [0.4, 0.5) is 0 Å². The lowest BCUT2D eigenvalue weighted by molar-refractivity contribution is -0.185. The van der Waals surface area contributed by atoms with Crippen LogP contribution in [0, 0.1) is 22.7 Å². The maximum absolute atomic E-state index is 12.2. The Morgan fingerprint density at radius 2 is 2.06 bits per heavy atom. The summed E-state index contributed by atoms with van der Waals surface area (Å²) in [5, 5.41) is 19.2. The van der Waals surface area contributed by atoms with Crippen LogP contribution in [-0.2, 0) is 23.9 Å². The summed E-state index contributed by atoms with van der Waals surface area (Å²) in [6.07, 6.45) is 7.63. The van der Waals surface area contributed by atoms with Crippen molar-refractivity contribution >= 4 is 17.9 Å². The highest BCUT2D eigenvalue weighted by Gasteiger charge is 2.58. The van der Waals surface area contributed by atoms with Crippen LogP contribution >= 0.6 is 0 Å². The van der Waals surface area contributed by atoms with Crippen LogP contribution in [0.15, 0.2) is 36.0 Å². The summed E-state index contributed by atoms with van der Waals surface area (Å²) in [6, 6.07) is 0. The molecule has 2 N–H and O–H groups in total. The molecular weight excluding hydrogens is 400 g/mol. The number of carboxylic acids is 1. The molecule has 0 bridgehead atoms. The number of fused-ring (bicyclic) bond motifs is 1. The van der Waals surface area contributed by atoms with Gasteiger partial charge >= 0.3 is 17.9 Å². The van der Waals surface area contributed by atoms with E-state index < -0.39 is 23.5 Å². The third kappa shape index (κ3) is 4.47. The fourth-order valence-electron chi connectivity index (χ4n) is 5.80. The van der Waals surface area contributed by atoms with Crippen molar-refractivity contribution in [3.8, 4) is 0 Å². The molecule has 0 aromatic carbocycles. The number of esters is 2. The number of aliphatic carboxylic acids is 1. The third-order valence-corrected chi connectivity index (χ3v) is 7.56. The summed E-state index contributed by atoms with van der Waals surface area (Å²) in [7, 11) is 0. The predicted molar refractivity (Wildman–Crippen MR) is 113 cm³/mol. The summed E-state index contributed by atoms with van der Waals surface area (Å²) in [4.78, 5) is 34.8. The van der Waals surface area contributed by atoms with Crippen molar-refractivity contribution in [2.45, 2.75) is 58.5 Å². The number of hydrogen-bond acceptors (Lipinski definition) is 6. The lowest BCUT2D eigenvalue weighted by Crippen LogP contribution is -2.58. The second-order valence-corrected chi connectivity index (χ2v) is 9.42. The van der Waals surface area contributed by atoms with Crippen LogP contribution in [0.1, 0.15) is 52.4 Å². The predicted octanol–water partition coefficient (Wildman–Crippen LogP) is 3.18. The van der Waals surface area contributed by atoms with Crippen molar-refractivity contribution in [2.75, 3.05) is 13.2 Å². The maximum atomic E-state index is 12.2. The molecule has 3 rings (SSSR count). The quantitative estimate of drug-likeness (QED) is 0.470. The van der Waals surface area contributed by atoms with Gasteiger partial charge in [-0.3, -0.25) is 9.59 Å². The summed E-state index contributed by atoms with van der Waals surface area (Å²) in [6.45, 7) is 8.59. The van der Waals surface area contributed by atoms with Gasteiger partial charge in [-0.25, -0.2) is 4.79 Å². The van der Waals surface area contributed by atoms with Crippen molar-refractivity contribution in [1.29, 1.82) is 0 Å². The summed E-state index contributed by atoms with van der Waals surface area (Å²) in [5.41, 5.74) is 0.782. The Morgan fingerprint density at radius 1 is 1.32 bits per heavy atom. The minimum Gasteiger partial charge on any atom is -0.481 e. The Balaban J connectivity index is 1.82. The molecule has 0 amide bonds. The van der Waals surface area contributed by atoms with Crippen LogP contribution in [0.3, 0.4) is 0 Å². The largest absolute Gasteiger partial charge is 0.481 e. The van der Waals surface area contributed by atoms with Gasteiger partial charge in [0.15, 0.2) is 0 Å². The maximum Gasteiger partial charge on any atom is 0.338 e. The number of allylic oxidation sites excluding steroid dienone is 2. The van der Waals surface area contributed by atoms with Gasteiger partial charge in [-0.15, -0.1) is 0 Å². The molecule has 0 aromatic heterocycles. The zero-order chi connectivity index (χ0) is 22.8. The highest BCUT2D eigenvalue weighted by Crippen LogP contribution is 2.61. The number of ether oxygens (including phenoxy) is 2. The van der Waals surface area contributed by atoms with Crippen LogP contribution in [-0.4, -0.2) is 47.4 Å². The van der Waals surface area contributed by atoms with Crippen molar-refractivity contribution in [3.05, 3.63) is 36.0 Å². The Bertz CT molecular complexity index is 826. The van der Waals surface area contributed by atoms with Crippen molar-refractivity contribution < 1.29 is 34.1 Å². The van der Waals surface area contributed by atoms with E-state index in [2.05, 4.69) is 13.5 Å². The van der Waals surface area contributed by atoms with Gasteiger partial charge in [0.05, 0.1) is 25.0 Å². The van der Waals surface area contributed by atoms with E-state index in [0.717, 1.165) is 24.8 Å². The highest BCUT2D eigenvalue weighted by atomic mass is 16.5. The molecule has 1 aliphatic heterocycles. The fourth-order valence-corrected chi connectivity index (χ4v) is 5.80. The van der Waals surface area contributed by atoms with Crippen LogP contribution < -0.4 is 0 Å². The first kappa shape index (κ1) is 23.3. The molecular formula is C24H32O7. The molecule has 2 aliphatic carbocycles. The average Bonchev–Trinajstić information content (AvgIpc) is 3.13. The smallest absolute Gasteiger partial charge is 0.338 e. The molecule has 5 atom stereocenters. The number of rotatable bonds is 7. The lowest BCUT2D eigenvalue weighted by atomic mass is 9.46. The molecule has 0 aromatic rings. The molecule has 31 heavy (non-hydrogen) atoms. The molecule has 2 saturated carbocycles. The molecule has 0 radical (unpaired) electrons. The first-order chi connectivity index (χ1) is 14.6. The molecule has 2 fully saturated rings. The number of cyclic esters (lactones) is 1. The van der Waals surface area contributed by atoms with Crippen molar-refractivity contribution in [1.82, 2.24) is 0 Å². The lowest BCUT2D eigenvalue weighted by Gasteiger charge is -2.59. The monoisotopic (exact) mass is 432 g/mol. The average molecular weight is 433 g/mol. The molecule has 0 saturated heterocycles. The number of aliphatic hydroxyl groups is 1. The molecule has 0 spiro atoms. The van der Waals surface area contributed by atoms with Gasteiger partial charge in [0.1, 0.15) is 12.7 Å². The minimum absolute atomic E-state index is 0.0232. The van der Waals surface area contributed by atoms with E-state index in [4.69, 9.17) is 14.6 Å². The van der Waals surface area contributed by atoms with Gasteiger partial charge in [0, 0.05) is 11.3 Å². The van der Waals surface area contributed by atoms with E-state index in [1.54, 1.807) is 6.08 Å². The zero-order valence-corrected chi connectivity index (χ0v) is 18.3. The highest BCUT2D eigenvalue weighted by molar-refractivity contribution is 5.93. The topological polar surface area (TPSA) is 110 Å². The number of carbonyl (C=O) groups is 3. The van der Waals surface area contributed by atoms with Crippen molar-refractivity contribution in [3.63, 3.8) is 0 Å². The number of hydrogen-bond donors (Lipinski definition) is 2. The summed E-state index contributed by atoms with van der Waals surface area (Å²) in [5.74, 6) is -1.81. The van der Waals surface area contributed by atoms with Gasteiger partial charge in [-0.1, -0.05) is 38.2 Å². The SMILES string of the molecule is C=C1CCC2C(C)(CO)C(OC(=O)CCC(=O)O)CCC2(C)C1C=CC1=CCOC1=O. The second kappa shape index (κ2) is 8.99.